The van der Waals surface area contributed by atoms with E-state index < -0.39 is 5.63 Å². The average Bonchev–Trinajstić information content (AvgIpc) is 2.95. The van der Waals surface area contributed by atoms with E-state index in [1.165, 1.54) is 0 Å². The number of amides is 1. The number of fused-ring (bicyclic) bond motifs is 2. The molecule has 0 fully saturated rings. The molecule has 0 aliphatic rings. The second-order valence-corrected chi connectivity index (χ2v) is 7.56. The lowest BCUT2D eigenvalue weighted by molar-refractivity contribution is -0.116. The van der Waals surface area contributed by atoms with E-state index in [1.807, 2.05) is 26.8 Å². The van der Waals surface area contributed by atoms with Crippen LogP contribution in [0, 0.1) is 20.8 Å². The zero-order chi connectivity index (χ0) is 20.7. The molecule has 2 aromatic heterocycles. The van der Waals surface area contributed by atoms with E-state index in [-0.39, 0.29) is 18.7 Å². The summed E-state index contributed by atoms with van der Waals surface area (Å²) in [5, 5.41) is 5.09. The lowest BCUT2D eigenvalue weighted by Gasteiger charge is -2.09. The summed E-state index contributed by atoms with van der Waals surface area (Å²) in [5.41, 5.74) is 3.69. The number of carbonyl (C=O) groups excluding carboxylic acids is 1. The molecule has 1 amide bonds. The van der Waals surface area contributed by atoms with Gasteiger partial charge in [-0.15, -0.1) is 0 Å². The summed E-state index contributed by atoms with van der Waals surface area (Å²) in [5.74, 6) is 0.625. The van der Waals surface area contributed by atoms with Crippen molar-refractivity contribution in [3.8, 4) is 0 Å². The van der Waals surface area contributed by atoms with Gasteiger partial charge in [-0.3, -0.25) is 4.79 Å². The van der Waals surface area contributed by atoms with Crippen molar-refractivity contribution in [2.24, 2.45) is 0 Å². The molecule has 0 atom stereocenters. The number of halogens is 1. The van der Waals surface area contributed by atoms with Crippen LogP contribution in [0.2, 0.25) is 5.02 Å². The number of aryl methyl sites for hydroxylation is 3. The minimum Gasteiger partial charge on any atom is -0.461 e. The smallest absolute Gasteiger partial charge is 0.339 e. The summed E-state index contributed by atoms with van der Waals surface area (Å²) in [6.07, 6.45) is 0.427. The van der Waals surface area contributed by atoms with Crippen molar-refractivity contribution >= 4 is 45.1 Å². The topological polar surface area (TPSA) is 72.5 Å². The molecule has 0 aliphatic heterocycles. The summed E-state index contributed by atoms with van der Waals surface area (Å²) in [7, 11) is 0. The van der Waals surface area contributed by atoms with Crippen LogP contribution in [0.15, 0.2) is 50.0 Å². The zero-order valence-corrected chi connectivity index (χ0v) is 17.1. The Labute approximate surface area is 172 Å². The Morgan fingerprint density at radius 2 is 1.69 bits per heavy atom. The fraction of sp³-hybridized carbons (Fsp3) is 0.217. The summed E-state index contributed by atoms with van der Waals surface area (Å²) in [4.78, 5) is 24.9. The van der Waals surface area contributed by atoms with Gasteiger partial charge in [0, 0.05) is 28.8 Å². The van der Waals surface area contributed by atoms with E-state index in [9.17, 15) is 9.59 Å². The molecule has 4 rings (SSSR count). The van der Waals surface area contributed by atoms with Crippen molar-refractivity contribution in [3.63, 3.8) is 0 Å². The Balaban J connectivity index is 1.64. The van der Waals surface area contributed by atoms with Gasteiger partial charge in [-0.1, -0.05) is 23.7 Å². The number of hydrogen-bond acceptors (Lipinski definition) is 4. The van der Waals surface area contributed by atoms with Crippen molar-refractivity contribution in [1.29, 1.82) is 0 Å². The molecule has 6 heteroatoms. The lowest BCUT2D eigenvalue weighted by Crippen LogP contribution is -2.16. The van der Waals surface area contributed by atoms with Crippen molar-refractivity contribution in [3.05, 3.63) is 74.3 Å². The lowest BCUT2D eigenvalue weighted by atomic mass is 10.0. The van der Waals surface area contributed by atoms with E-state index in [4.69, 9.17) is 20.4 Å². The van der Waals surface area contributed by atoms with E-state index in [2.05, 4.69) is 5.32 Å². The third kappa shape index (κ3) is 3.54. The molecule has 0 saturated heterocycles. The highest BCUT2D eigenvalue weighted by Crippen LogP contribution is 2.31. The van der Waals surface area contributed by atoms with Gasteiger partial charge in [-0.25, -0.2) is 4.79 Å². The number of benzene rings is 2. The molecule has 0 spiro atoms. The standard InChI is InChI=1S/C23H20ClNO4/c1-12-14(3)28-20-11-21-17(10-16(12)20)13(2)15(23(27)29-21)8-9-22(26)25-19-7-5-4-6-18(19)24/h4-7,10-11H,8-9H2,1-3H3,(H,25,26). The summed E-state index contributed by atoms with van der Waals surface area (Å²) >= 11 is 6.08. The van der Waals surface area contributed by atoms with E-state index in [1.54, 1.807) is 30.3 Å². The summed E-state index contributed by atoms with van der Waals surface area (Å²) in [6.45, 7) is 5.79. The number of nitrogens with one attached hydrogen (secondary N) is 1. The second kappa shape index (κ2) is 7.41. The minimum absolute atomic E-state index is 0.147. The van der Waals surface area contributed by atoms with Gasteiger partial charge in [-0.2, -0.15) is 0 Å². The largest absolute Gasteiger partial charge is 0.461 e. The highest BCUT2D eigenvalue weighted by atomic mass is 35.5. The van der Waals surface area contributed by atoms with Gasteiger partial charge in [0.25, 0.3) is 0 Å². The normalized spacial score (nSPS) is 11.3. The maximum atomic E-state index is 12.5. The Kier molecular flexibility index (Phi) is 4.92. The van der Waals surface area contributed by atoms with Crippen LogP contribution in [0.3, 0.4) is 0 Å². The molecule has 0 unspecified atom stereocenters. The van der Waals surface area contributed by atoms with Crippen LogP contribution in [0.5, 0.6) is 0 Å². The van der Waals surface area contributed by atoms with Crippen LogP contribution < -0.4 is 10.9 Å². The van der Waals surface area contributed by atoms with E-state index in [0.29, 0.717) is 27.4 Å². The molecule has 1 N–H and O–H groups in total. The van der Waals surface area contributed by atoms with Crippen LogP contribution >= 0.6 is 11.6 Å². The van der Waals surface area contributed by atoms with Crippen LogP contribution in [0.1, 0.15) is 28.9 Å². The zero-order valence-electron chi connectivity index (χ0n) is 16.4. The fourth-order valence-corrected chi connectivity index (χ4v) is 3.71. The molecular formula is C23H20ClNO4. The first kappa shape index (κ1) is 19.3. The minimum atomic E-state index is -0.431. The molecule has 0 saturated carbocycles. The van der Waals surface area contributed by atoms with Crippen LogP contribution in [0.4, 0.5) is 5.69 Å². The molecule has 0 bridgehead atoms. The van der Waals surface area contributed by atoms with Crippen molar-refractivity contribution in [2.45, 2.75) is 33.6 Å². The fourth-order valence-electron chi connectivity index (χ4n) is 3.53. The maximum Gasteiger partial charge on any atom is 0.339 e. The molecule has 0 aliphatic carbocycles. The van der Waals surface area contributed by atoms with Crippen molar-refractivity contribution < 1.29 is 13.6 Å². The maximum absolute atomic E-state index is 12.5. The van der Waals surface area contributed by atoms with Gasteiger partial charge >= 0.3 is 5.63 Å². The first-order chi connectivity index (χ1) is 13.8. The molecule has 0 radical (unpaired) electrons. The predicted octanol–water partition coefficient (Wildman–Crippen LogP) is 5.69. The van der Waals surface area contributed by atoms with Gasteiger partial charge in [-0.05, 0) is 56.5 Å². The van der Waals surface area contributed by atoms with Crippen LogP contribution in [-0.4, -0.2) is 5.91 Å². The third-order valence-corrected chi connectivity index (χ3v) is 5.66. The third-order valence-electron chi connectivity index (χ3n) is 5.33. The first-order valence-corrected chi connectivity index (χ1v) is 9.73. The molecule has 29 heavy (non-hydrogen) atoms. The van der Waals surface area contributed by atoms with Crippen LogP contribution in [0.25, 0.3) is 21.9 Å². The van der Waals surface area contributed by atoms with Crippen molar-refractivity contribution in [2.75, 3.05) is 5.32 Å². The Hall–Kier alpha value is -3.05. The molecule has 2 heterocycles. The number of anilines is 1. The number of hydrogen-bond donors (Lipinski definition) is 1. The average molecular weight is 410 g/mol. The summed E-state index contributed by atoms with van der Waals surface area (Å²) < 4.78 is 11.3. The summed E-state index contributed by atoms with van der Waals surface area (Å²) in [6, 6.07) is 10.8. The second-order valence-electron chi connectivity index (χ2n) is 7.15. The van der Waals surface area contributed by atoms with Gasteiger partial charge in [0.2, 0.25) is 5.91 Å². The monoisotopic (exact) mass is 409 g/mol. The number of para-hydroxylation sites is 1. The quantitative estimate of drug-likeness (QED) is 0.439. The Morgan fingerprint density at radius 1 is 1.00 bits per heavy atom. The molecule has 2 aromatic carbocycles. The Bertz CT molecular complexity index is 1320. The molecular weight excluding hydrogens is 390 g/mol. The number of carbonyl (C=O) groups is 1. The molecule has 5 nitrogen and oxygen atoms in total. The van der Waals surface area contributed by atoms with E-state index in [0.717, 1.165) is 27.7 Å². The van der Waals surface area contributed by atoms with Gasteiger partial charge in [0.15, 0.2) is 0 Å². The van der Waals surface area contributed by atoms with Gasteiger partial charge < -0.3 is 14.2 Å². The van der Waals surface area contributed by atoms with Crippen LogP contribution in [-0.2, 0) is 11.2 Å². The number of furan rings is 1. The SMILES string of the molecule is Cc1oc2cc3oc(=O)c(CCC(=O)Nc4ccccc4Cl)c(C)c3cc2c1C. The first-order valence-electron chi connectivity index (χ1n) is 9.35. The highest BCUT2D eigenvalue weighted by molar-refractivity contribution is 6.33. The Morgan fingerprint density at radius 3 is 2.45 bits per heavy atom. The van der Waals surface area contributed by atoms with Gasteiger partial charge in [0.05, 0.1) is 10.7 Å². The highest BCUT2D eigenvalue weighted by Gasteiger charge is 2.16. The van der Waals surface area contributed by atoms with Gasteiger partial charge in [0.1, 0.15) is 16.9 Å². The predicted molar refractivity (Wildman–Crippen MR) is 115 cm³/mol. The molecule has 148 valence electrons. The van der Waals surface area contributed by atoms with E-state index >= 15 is 0 Å². The molecule has 4 aromatic rings. The van der Waals surface area contributed by atoms with Crippen molar-refractivity contribution in [1.82, 2.24) is 0 Å². The number of rotatable bonds is 4.